The standard InChI is InChI=1S/C17H19ClN4O/c1-17(2,3)16-19-13-10-22(21-14(13)15(18)20-16)9-11-5-7-12(23-4)8-6-11/h5-8,10H,9H2,1-4H3. The van der Waals surface area contributed by atoms with E-state index in [0.29, 0.717) is 17.2 Å². The Bertz CT molecular complexity index is 834. The second-order valence-corrected chi connectivity index (χ2v) is 6.85. The molecule has 0 saturated carbocycles. The van der Waals surface area contributed by atoms with E-state index < -0.39 is 0 Å². The third-order valence-corrected chi connectivity index (χ3v) is 3.81. The molecule has 0 saturated heterocycles. The fourth-order valence-corrected chi connectivity index (χ4v) is 2.47. The summed E-state index contributed by atoms with van der Waals surface area (Å²) in [4.78, 5) is 8.98. The highest BCUT2D eigenvalue weighted by Crippen LogP contribution is 2.25. The highest BCUT2D eigenvalue weighted by molar-refractivity contribution is 6.33. The molecule has 0 amide bonds. The molecule has 3 aromatic rings. The molecule has 3 rings (SSSR count). The van der Waals surface area contributed by atoms with E-state index in [-0.39, 0.29) is 5.41 Å². The van der Waals surface area contributed by atoms with Crippen molar-refractivity contribution in [1.29, 1.82) is 0 Å². The van der Waals surface area contributed by atoms with Crippen LogP contribution in [0.1, 0.15) is 32.2 Å². The highest BCUT2D eigenvalue weighted by Gasteiger charge is 2.20. The summed E-state index contributed by atoms with van der Waals surface area (Å²) >= 11 is 6.28. The van der Waals surface area contributed by atoms with Crippen molar-refractivity contribution in [2.75, 3.05) is 7.11 Å². The zero-order valence-corrected chi connectivity index (χ0v) is 14.4. The molecule has 1 aromatic carbocycles. The van der Waals surface area contributed by atoms with Gasteiger partial charge >= 0.3 is 0 Å². The molecule has 23 heavy (non-hydrogen) atoms. The fraction of sp³-hybridized carbons (Fsp3) is 0.353. The molecule has 6 heteroatoms. The van der Waals surface area contributed by atoms with Crippen molar-refractivity contribution in [3.05, 3.63) is 47.0 Å². The molecule has 0 fully saturated rings. The SMILES string of the molecule is COc1ccc(Cn2cc3nc(C(C)(C)C)nc(Cl)c3n2)cc1. The Morgan fingerprint density at radius 2 is 1.83 bits per heavy atom. The van der Waals surface area contributed by atoms with Crippen LogP contribution in [0.2, 0.25) is 5.15 Å². The minimum atomic E-state index is -0.157. The van der Waals surface area contributed by atoms with Gasteiger partial charge < -0.3 is 4.74 Å². The molecule has 0 aliphatic carbocycles. The molecule has 120 valence electrons. The molecule has 2 heterocycles. The number of nitrogens with zero attached hydrogens (tertiary/aromatic N) is 4. The summed E-state index contributed by atoms with van der Waals surface area (Å²) in [6.07, 6.45) is 1.91. The Balaban J connectivity index is 1.94. The normalized spacial score (nSPS) is 11.9. The monoisotopic (exact) mass is 330 g/mol. The fourth-order valence-electron chi connectivity index (χ4n) is 2.26. The van der Waals surface area contributed by atoms with Crippen molar-refractivity contribution in [1.82, 2.24) is 19.7 Å². The van der Waals surface area contributed by atoms with E-state index in [4.69, 9.17) is 16.3 Å². The Morgan fingerprint density at radius 3 is 2.43 bits per heavy atom. The van der Waals surface area contributed by atoms with E-state index >= 15 is 0 Å². The van der Waals surface area contributed by atoms with Crippen LogP contribution < -0.4 is 4.74 Å². The predicted octanol–water partition coefficient (Wildman–Crippen LogP) is 3.83. The van der Waals surface area contributed by atoms with Crippen LogP contribution in [0.25, 0.3) is 11.0 Å². The van der Waals surface area contributed by atoms with Crippen molar-refractivity contribution in [3.63, 3.8) is 0 Å². The van der Waals surface area contributed by atoms with E-state index in [0.717, 1.165) is 22.7 Å². The first-order chi connectivity index (χ1) is 10.9. The average Bonchev–Trinajstić information content (AvgIpc) is 2.90. The maximum Gasteiger partial charge on any atom is 0.160 e. The summed E-state index contributed by atoms with van der Waals surface area (Å²) in [5.41, 5.74) is 2.37. The Hall–Kier alpha value is -2.14. The number of aromatic nitrogens is 4. The number of halogens is 1. The molecule has 0 aliphatic rings. The molecular formula is C17H19ClN4O. The molecular weight excluding hydrogens is 312 g/mol. The third kappa shape index (κ3) is 3.29. The molecule has 0 N–H and O–H groups in total. The van der Waals surface area contributed by atoms with E-state index in [9.17, 15) is 0 Å². The zero-order chi connectivity index (χ0) is 16.6. The molecule has 0 aliphatic heterocycles. The number of ether oxygens (including phenoxy) is 1. The van der Waals surface area contributed by atoms with Crippen molar-refractivity contribution < 1.29 is 4.74 Å². The first kappa shape index (κ1) is 15.7. The number of hydrogen-bond acceptors (Lipinski definition) is 4. The maximum absolute atomic E-state index is 6.28. The maximum atomic E-state index is 6.28. The van der Waals surface area contributed by atoms with Gasteiger partial charge in [-0.05, 0) is 17.7 Å². The topological polar surface area (TPSA) is 52.8 Å². The van der Waals surface area contributed by atoms with Crippen molar-refractivity contribution in [2.24, 2.45) is 0 Å². The Labute approximate surface area is 140 Å². The van der Waals surface area contributed by atoms with Crippen LogP contribution in [-0.4, -0.2) is 26.9 Å². The molecule has 0 bridgehead atoms. The van der Waals surface area contributed by atoms with E-state index in [1.807, 2.05) is 35.1 Å². The van der Waals surface area contributed by atoms with Crippen molar-refractivity contribution in [3.8, 4) is 5.75 Å². The minimum absolute atomic E-state index is 0.157. The van der Waals surface area contributed by atoms with Gasteiger partial charge in [0.25, 0.3) is 0 Å². The highest BCUT2D eigenvalue weighted by atomic mass is 35.5. The van der Waals surface area contributed by atoms with Gasteiger partial charge in [-0.1, -0.05) is 44.5 Å². The van der Waals surface area contributed by atoms with Crippen LogP contribution in [0, 0.1) is 0 Å². The van der Waals surface area contributed by atoms with Crippen LogP contribution in [0.15, 0.2) is 30.5 Å². The molecule has 0 spiro atoms. The average molecular weight is 331 g/mol. The first-order valence-corrected chi connectivity index (χ1v) is 7.79. The van der Waals surface area contributed by atoms with Crippen LogP contribution in [-0.2, 0) is 12.0 Å². The predicted molar refractivity (Wildman–Crippen MR) is 91.1 cm³/mol. The van der Waals surface area contributed by atoms with Crippen molar-refractivity contribution in [2.45, 2.75) is 32.7 Å². The quantitative estimate of drug-likeness (QED) is 0.685. The Kier molecular flexibility index (Phi) is 3.98. The van der Waals surface area contributed by atoms with Gasteiger partial charge in [0.2, 0.25) is 0 Å². The second kappa shape index (κ2) is 5.81. The number of rotatable bonds is 3. The van der Waals surface area contributed by atoms with E-state index in [1.165, 1.54) is 0 Å². The van der Waals surface area contributed by atoms with Gasteiger partial charge in [-0.3, -0.25) is 4.68 Å². The summed E-state index contributed by atoms with van der Waals surface area (Å²) in [6, 6.07) is 7.89. The van der Waals surface area contributed by atoms with Gasteiger partial charge in [-0.15, -0.1) is 0 Å². The molecule has 0 radical (unpaired) electrons. The van der Waals surface area contributed by atoms with Crippen LogP contribution >= 0.6 is 11.6 Å². The lowest BCUT2D eigenvalue weighted by Crippen LogP contribution is -2.15. The zero-order valence-electron chi connectivity index (χ0n) is 13.7. The van der Waals surface area contributed by atoms with Crippen molar-refractivity contribution >= 4 is 22.6 Å². The molecule has 0 atom stereocenters. The van der Waals surface area contributed by atoms with Gasteiger partial charge in [-0.2, -0.15) is 5.10 Å². The minimum Gasteiger partial charge on any atom is -0.497 e. The number of hydrogen-bond donors (Lipinski definition) is 0. The van der Waals surface area contributed by atoms with Crippen LogP contribution in [0.3, 0.4) is 0 Å². The number of methoxy groups -OCH3 is 1. The van der Waals surface area contributed by atoms with Crippen LogP contribution in [0.5, 0.6) is 5.75 Å². The largest absolute Gasteiger partial charge is 0.497 e. The summed E-state index contributed by atoms with van der Waals surface area (Å²) in [5.74, 6) is 1.56. The summed E-state index contributed by atoms with van der Waals surface area (Å²) in [7, 11) is 1.66. The second-order valence-electron chi connectivity index (χ2n) is 6.50. The number of benzene rings is 1. The lowest BCUT2D eigenvalue weighted by Gasteiger charge is -2.15. The third-order valence-electron chi connectivity index (χ3n) is 3.54. The van der Waals surface area contributed by atoms with Gasteiger partial charge in [0.15, 0.2) is 5.15 Å². The molecule has 5 nitrogen and oxygen atoms in total. The smallest absolute Gasteiger partial charge is 0.160 e. The van der Waals surface area contributed by atoms with Crippen LogP contribution in [0.4, 0.5) is 0 Å². The lowest BCUT2D eigenvalue weighted by molar-refractivity contribution is 0.414. The van der Waals surface area contributed by atoms with Gasteiger partial charge in [0, 0.05) is 5.41 Å². The van der Waals surface area contributed by atoms with Gasteiger partial charge in [0.05, 0.1) is 19.9 Å². The Morgan fingerprint density at radius 1 is 1.13 bits per heavy atom. The molecule has 0 unspecified atom stereocenters. The van der Waals surface area contributed by atoms with E-state index in [1.54, 1.807) is 7.11 Å². The summed E-state index contributed by atoms with van der Waals surface area (Å²) < 4.78 is 7.00. The first-order valence-electron chi connectivity index (χ1n) is 7.41. The molecule has 2 aromatic heterocycles. The summed E-state index contributed by atoms with van der Waals surface area (Å²) in [5, 5.41) is 4.90. The number of fused-ring (bicyclic) bond motifs is 1. The van der Waals surface area contributed by atoms with Gasteiger partial charge in [-0.25, -0.2) is 9.97 Å². The van der Waals surface area contributed by atoms with Gasteiger partial charge in [0.1, 0.15) is 22.6 Å². The summed E-state index contributed by atoms with van der Waals surface area (Å²) in [6.45, 7) is 6.83. The lowest BCUT2D eigenvalue weighted by atomic mass is 9.96. The van der Waals surface area contributed by atoms with E-state index in [2.05, 4.69) is 35.8 Å².